The molecule has 2 atom stereocenters. The molecule has 2 unspecified atom stereocenters. The Bertz CT molecular complexity index is 216. The van der Waals surface area contributed by atoms with E-state index >= 15 is 0 Å². The van der Waals surface area contributed by atoms with Crippen molar-refractivity contribution in [3.05, 3.63) is 0 Å². The fourth-order valence-corrected chi connectivity index (χ4v) is 1.32. The first-order valence-electron chi connectivity index (χ1n) is 4.17. The standard InChI is InChI=1S/C8H13NO4/c1-13-8(12)5-4-9-7(11)3-2-6(5)10/h5-6,10H,2-4H2,1H3,(H,9,11). The number of amides is 1. The molecular weight excluding hydrogens is 174 g/mol. The number of nitrogens with one attached hydrogen (secondary N) is 1. The van der Waals surface area contributed by atoms with E-state index < -0.39 is 18.0 Å². The molecule has 0 radical (unpaired) electrons. The lowest BCUT2D eigenvalue weighted by molar-refractivity contribution is -0.149. The number of esters is 1. The fourth-order valence-electron chi connectivity index (χ4n) is 1.32. The van der Waals surface area contributed by atoms with Crippen LogP contribution in [-0.2, 0) is 14.3 Å². The van der Waals surface area contributed by atoms with Gasteiger partial charge in [0.25, 0.3) is 0 Å². The van der Waals surface area contributed by atoms with Crippen LogP contribution >= 0.6 is 0 Å². The molecule has 0 bridgehead atoms. The Morgan fingerprint density at radius 1 is 1.69 bits per heavy atom. The first-order valence-corrected chi connectivity index (χ1v) is 4.17. The van der Waals surface area contributed by atoms with E-state index in [9.17, 15) is 14.7 Å². The van der Waals surface area contributed by atoms with Crippen LogP contribution in [0.15, 0.2) is 0 Å². The lowest BCUT2D eigenvalue weighted by atomic mass is 10.0. The average Bonchev–Trinajstić information content (AvgIpc) is 2.28. The van der Waals surface area contributed by atoms with Crippen LogP contribution in [0.5, 0.6) is 0 Å². The molecule has 5 heteroatoms. The highest BCUT2D eigenvalue weighted by Gasteiger charge is 2.30. The van der Waals surface area contributed by atoms with Crippen LogP contribution < -0.4 is 5.32 Å². The smallest absolute Gasteiger partial charge is 0.313 e. The molecule has 13 heavy (non-hydrogen) atoms. The molecule has 1 aliphatic rings. The number of carbonyl (C=O) groups excluding carboxylic acids is 2. The molecule has 74 valence electrons. The van der Waals surface area contributed by atoms with Crippen molar-refractivity contribution in [1.82, 2.24) is 5.32 Å². The summed E-state index contributed by atoms with van der Waals surface area (Å²) in [7, 11) is 1.27. The Hall–Kier alpha value is -1.10. The van der Waals surface area contributed by atoms with Gasteiger partial charge in [-0.2, -0.15) is 0 Å². The van der Waals surface area contributed by atoms with Crippen molar-refractivity contribution >= 4 is 11.9 Å². The van der Waals surface area contributed by atoms with Crippen molar-refractivity contribution in [2.24, 2.45) is 5.92 Å². The molecule has 0 saturated carbocycles. The third kappa shape index (κ3) is 2.42. The van der Waals surface area contributed by atoms with Gasteiger partial charge >= 0.3 is 5.97 Å². The Morgan fingerprint density at radius 3 is 3.00 bits per heavy atom. The highest BCUT2D eigenvalue weighted by molar-refractivity contribution is 5.79. The molecule has 0 aliphatic carbocycles. The highest BCUT2D eigenvalue weighted by Crippen LogP contribution is 2.14. The lowest BCUT2D eigenvalue weighted by Gasteiger charge is -2.16. The van der Waals surface area contributed by atoms with E-state index in [1.54, 1.807) is 0 Å². The topological polar surface area (TPSA) is 75.6 Å². The van der Waals surface area contributed by atoms with E-state index in [0.29, 0.717) is 6.42 Å². The van der Waals surface area contributed by atoms with Gasteiger partial charge in [0.1, 0.15) is 0 Å². The summed E-state index contributed by atoms with van der Waals surface area (Å²) < 4.78 is 4.50. The molecule has 1 saturated heterocycles. The summed E-state index contributed by atoms with van der Waals surface area (Å²) in [6, 6.07) is 0. The molecule has 1 fully saturated rings. The number of aliphatic hydroxyl groups is 1. The summed E-state index contributed by atoms with van der Waals surface area (Å²) in [6.07, 6.45) is -0.216. The third-order valence-electron chi connectivity index (χ3n) is 2.15. The zero-order valence-electron chi connectivity index (χ0n) is 7.45. The van der Waals surface area contributed by atoms with Gasteiger partial charge in [-0.1, -0.05) is 0 Å². The van der Waals surface area contributed by atoms with Crippen molar-refractivity contribution in [2.45, 2.75) is 18.9 Å². The fraction of sp³-hybridized carbons (Fsp3) is 0.750. The summed E-state index contributed by atoms with van der Waals surface area (Å²) in [6.45, 7) is 0.159. The molecule has 1 amide bonds. The Morgan fingerprint density at radius 2 is 2.38 bits per heavy atom. The van der Waals surface area contributed by atoms with Crippen LogP contribution in [0, 0.1) is 5.92 Å². The van der Waals surface area contributed by atoms with Crippen molar-refractivity contribution < 1.29 is 19.4 Å². The largest absolute Gasteiger partial charge is 0.469 e. The predicted molar refractivity (Wildman–Crippen MR) is 43.8 cm³/mol. The van der Waals surface area contributed by atoms with E-state index in [1.807, 2.05) is 0 Å². The zero-order valence-corrected chi connectivity index (χ0v) is 7.45. The number of methoxy groups -OCH3 is 1. The number of carbonyl (C=O) groups is 2. The molecule has 0 aromatic heterocycles. The summed E-state index contributed by atoms with van der Waals surface area (Å²) >= 11 is 0. The van der Waals surface area contributed by atoms with E-state index in [-0.39, 0.29) is 18.9 Å². The number of ether oxygens (including phenoxy) is 1. The Labute approximate surface area is 76.1 Å². The van der Waals surface area contributed by atoms with Gasteiger partial charge in [-0.25, -0.2) is 0 Å². The number of hydrogen-bond acceptors (Lipinski definition) is 4. The van der Waals surface area contributed by atoms with E-state index in [0.717, 1.165) is 0 Å². The summed E-state index contributed by atoms with van der Waals surface area (Å²) in [5.74, 6) is -1.24. The predicted octanol–water partition coefficient (Wildman–Crippen LogP) is -0.954. The van der Waals surface area contributed by atoms with Crippen LogP contribution in [0.25, 0.3) is 0 Å². The van der Waals surface area contributed by atoms with Gasteiger partial charge in [-0.15, -0.1) is 0 Å². The van der Waals surface area contributed by atoms with Gasteiger partial charge in [0.2, 0.25) is 5.91 Å². The monoisotopic (exact) mass is 187 g/mol. The third-order valence-corrected chi connectivity index (χ3v) is 2.15. The van der Waals surface area contributed by atoms with Crippen LogP contribution in [0.2, 0.25) is 0 Å². The molecule has 1 heterocycles. The van der Waals surface area contributed by atoms with Crippen molar-refractivity contribution in [3.8, 4) is 0 Å². The minimum Gasteiger partial charge on any atom is -0.469 e. The van der Waals surface area contributed by atoms with Crippen molar-refractivity contribution in [2.75, 3.05) is 13.7 Å². The van der Waals surface area contributed by atoms with Gasteiger partial charge in [0.05, 0.1) is 19.1 Å². The molecule has 0 spiro atoms. The summed E-state index contributed by atoms with van der Waals surface area (Å²) in [5, 5.41) is 12.0. The second kappa shape index (κ2) is 4.23. The first-order chi connectivity index (χ1) is 6.15. The highest BCUT2D eigenvalue weighted by atomic mass is 16.5. The van der Waals surface area contributed by atoms with Gasteiger partial charge in [0, 0.05) is 13.0 Å². The molecule has 0 aromatic rings. The summed E-state index contributed by atoms with van der Waals surface area (Å²) in [5.41, 5.74) is 0. The molecule has 5 nitrogen and oxygen atoms in total. The van der Waals surface area contributed by atoms with E-state index in [2.05, 4.69) is 10.1 Å². The minimum absolute atomic E-state index is 0.134. The maximum absolute atomic E-state index is 11.1. The van der Waals surface area contributed by atoms with Crippen molar-refractivity contribution in [3.63, 3.8) is 0 Å². The number of hydrogen-bond donors (Lipinski definition) is 2. The maximum atomic E-state index is 11.1. The van der Waals surface area contributed by atoms with Crippen LogP contribution in [0.3, 0.4) is 0 Å². The SMILES string of the molecule is COC(=O)C1CNC(=O)CCC1O. The van der Waals surface area contributed by atoms with Crippen LogP contribution in [0.4, 0.5) is 0 Å². The normalized spacial score (nSPS) is 28.9. The average molecular weight is 187 g/mol. The van der Waals surface area contributed by atoms with Gasteiger partial charge in [-0.05, 0) is 6.42 Å². The Balaban J connectivity index is 2.61. The van der Waals surface area contributed by atoms with Gasteiger partial charge in [0.15, 0.2) is 0 Å². The van der Waals surface area contributed by atoms with Crippen LogP contribution in [-0.4, -0.2) is 36.7 Å². The molecule has 0 aromatic carbocycles. The van der Waals surface area contributed by atoms with Crippen molar-refractivity contribution in [1.29, 1.82) is 0 Å². The second-order valence-corrected chi connectivity index (χ2v) is 3.04. The quantitative estimate of drug-likeness (QED) is 0.519. The van der Waals surface area contributed by atoms with E-state index in [4.69, 9.17) is 0 Å². The molecule has 2 N–H and O–H groups in total. The maximum Gasteiger partial charge on any atom is 0.313 e. The number of rotatable bonds is 1. The molecular formula is C8H13NO4. The van der Waals surface area contributed by atoms with E-state index in [1.165, 1.54) is 7.11 Å². The zero-order chi connectivity index (χ0) is 9.84. The summed E-state index contributed by atoms with van der Waals surface area (Å²) in [4.78, 5) is 22.0. The first kappa shape index (κ1) is 9.98. The van der Waals surface area contributed by atoms with Gasteiger partial charge < -0.3 is 15.2 Å². The van der Waals surface area contributed by atoms with Gasteiger partial charge in [-0.3, -0.25) is 9.59 Å². The molecule has 1 rings (SSSR count). The Kier molecular flexibility index (Phi) is 3.25. The lowest BCUT2D eigenvalue weighted by Crippen LogP contribution is -2.36. The molecule has 1 aliphatic heterocycles. The number of aliphatic hydroxyl groups excluding tert-OH is 1. The van der Waals surface area contributed by atoms with Crippen LogP contribution in [0.1, 0.15) is 12.8 Å². The minimum atomic E-state index is -0.786. The second-order valence-electron chi connectivity index (χ2n) is 3.04.